The molecular formula is C13H18N2O2. The van der Waals surface area contributed by atoms with Gasteiger partial charge >= 0.3 is 0 Å². The highest BCUT2D eigenvalue weighted by Crippen LogP contribution is 2.29. The Morgan fingerprint density at radius 2 is 2.29 bits per heavy atom. The summed E-state index contributed by atoms with van der Waals surface area (Å²) in [5.74, 6) is 1.47. The van der Waals surface area contributed by atoms with Gasteiger partial charge in [-0.15, -0.1) is 0 Å². The fourth-order valence-electron chi connectivity index (χ4n) is 2.38. The largest absolute Gasteiger partial charge is 0.393 e. The molecule has 0 aliphatic heterocycles. The third-order valence-electron chi connectivity index (χ3n) is 3.31. The van der Waals surface area contributed by atoms with E-state index < -0.39 is 0 Å². The maximum atomic E-state index is 10.6. The smallest absolute Gasteiger partial charge is 0.151 e. The number of aldehydes is 1. The Labute approximate surface area is 101 Å². The maximum Gasteiger partial charge on any atom is 0.151 e. The fraction of sp³-hybridized carbons (Fsp3) is 0.538. The van der Waals surface area contributed by atoms with E-state index in [4.69, 9.17) is 0 Å². The van der Waals surface area contributed by atoms with E-state index in [2.05, 4.69) is 9.88 Å². The Balaban J connectivity index is 2.03. The molecule has 0 atom stereocenters. The Morgan fingerprint density at radius 3 is 2.82 bits per heavy atom. The quantitative estimate of drug-likeness (QED) is 0.800. The zero-order valence-electron chi connectivity index (χ0n) is 10.3. The third-order valence-corrected chi connectivity index (χ3v) is 3.31. The molecule has 17 heavy (non-hydrogen) atoms. The van der Waals surface area contributed by atoms with Crippen molar-refractivity contribution in [3.63, 3.8) is 0 Å². The molecular weight excluding hydrogens is 216 g/mol. The number of aromatic nitrogens is 1. The zero-order chi connectivity index (χ0) is 12.4. The van der Waals surface area contributed by atoms with Crippen molar-refractivity contribution in [1.29, 1.82) is 0 Å². The average Bonchev–Trinajstić information content (AvgIpc) is 2.26. The number of hydrogen-bond acceptors (Lipinski definition) is 4. The van der Waals surface area contributed by atoms with E-state index in [1.54, 1.807) is 6.20 Å². The number of aliphatic hydroxyl groups excluding tert-OH is 1. The maximum absolute atomic E-state index is 10.6. The molecule has 4 nitrogen and oxygen atoms in total. The molecule has 0 radical (unpaired) electrons. The van der Waals surface area contributed by atoms with Crippen molar-refractivity contribution >= 4 is 12.1 Å². The van der Waals surface area contributed by atoms with Gasteiger partial charge in [-0.1, -0.05) is 0 Å². The van der Waals surface area contributed by atoms with Crippen LogP contribution in [0.2, 0.25) is 0 Å². The summed E-state index contributed by atoms with van der Waals surface area (Å²) in [6.45, 7) is 2.87. The summed E-state index contributed by atoms with van der Waals surface area (Å²) in [7, 11) is 2.00. The van der Waals surface area contributed by atoms with E-state index in [-0.39, 0.29) is 6.10 Å². The third kappa shape index (κ3) is 2.64. The van der Waals surface area contributed by atoms with Crippen molar-refractivity contribution in [2.24, 2.45) is 5.92 Å². The Morgan fingerprint density at radius 1 is 1.59 bits per heavy atom. The van der Waals surface area contributed by atoms with Gasteiger partial charge in [0.2, 0.25) is 0 Å². The number of carbonyl (C=O) groups excluding carboxylic acids is 1. The van der Waals surface area contributed by atoms with E-state index in [1.165, 1.54) is 0 Å². The Hall–Kier alpha value is -1.42. The van der Waals surface area contributed by atoms with Crippen LogP contribution in [0.25, 0.3) is 0 Å². The molecule has 1 aliphatic rings. The van der Waals surface area contributed by atoms with Crippen LogP contribution in [0.15, 0.2) is 12.3 Å². The van der Waals surface area contributed by atoms with Gasteiger partial charge in [-0.25, -0.2) is 4.98 Å². The number of pyridine rings is 1. The fourth-order valence-corrected chi connectivity index (χ4v) is 2.38. The summed E-state index contributed by atoms with van der Waals surface area (Å²) in [6, 6.07) is 1.85. The van der Waals surface area contributed by atoms with Gasteiger partial charge in [-0.3, -0.25) is 4.79 Å². The van der Waals surface area contributed by atoms with E-state index in [0.29, 0.717) is 11.5 Å². The lowest BCUT2D eigenvalue weighted by molar-refractivity contribution is 0.0464. The van der Waals surface area contributed by atoms with Crippen LogP contribution in [0.5, 0.6) is 0 Å². The second-order valence-corrected chi connectivity index (χ2v) is 4.90. The summed E-state index contributed by atoms with van der Waals surface area (Å²) in [5.41, 5.74) is 1.62. The second kappa shape index (κ2) is 4.84. The summed E-state index contributed by atoms with van der Waals surface area (Å²) in [6.07, 6.45) is 4.07. The standard InChI is InChI=1S/C13H18N2O2/c1-9-3-11(8-16)6-14-13(9)15(2)7-10-4-12(17)5-10/h3,6,8,10,12,17H,4-5,7H2,1-2H3. The minimum atomic E-state index is -0.111. The van der Waals surface area contributed by atoms with Crippen LogP contribution in [-0.2, 0) is 0 Å². The molecule has 1 fully saturated rings. The highest BCUT2D eigenvalue weighted by molar-refractivity contribution is 5.75. The number of rotatable bonds is 4. The first kappa shape index (κ1) is 12.0. The first-order valence-corrected chi connectivity index (χ1v) is 5.91. The van der Waals surface area contributed by atoms with Crippen LogP contribution >= 0.6 is 0 Å². The highest BCUT2D eigenvalue weighted by atomic mass is 16.3. The van der Waals surface area contributed by atoms with Crippen molar-refractivity contribution in [3.05, 3.63) is 23.4 Å². The van der Waals surface area contributed by atoms with Gasteiger partial charge in [0.25, 0.3) is 0 Å². The van der Waals surface area contributed by atoms with Crippen molar-refractivity contribution in [1.82, 2.24) is 4.98 Å². The normalized spacial score (nSPS) is 23.0. The molecule has 1 heterocycles. The predicted molar refractivity (Wildman–Crippen MR) is 66.4 cm³/mol. The van der Waals surface area contributed by atoms with Crippen LogP contribution in [0.4, 0.5) is 5.82 Å². The Bertz CT molecular complexity index is 414. The van der Waals surface area contributed by atoms with Crippen LogP contribution in [0.3, 0.4) is 0 Å². The molecule has 0 spiro atoms. The van der Waals surface area contributed by atoms with E-state index in [9.17, 15) is 9.90 Å². The number of aryl methyl sites for hydroxylation is 1. The van der Waals surface area contributed by atoms with Gasteiger partial charge in [-0.05, 0) is 37.3 Å². The molecule has 4 heteroatoms. The lowest BCUT2D eigenvalue weighted by Gasteiger charge is -2.35. The SMILES string of the molecule is Cc1cc(C=O)cnc1N(C)CC1CC(O)C1. The molecule has 1 saturated carbocycles. The van der Waals surface area contributed by atoms with Crippen molar-refractivity contribution in [2.45, 2.75) is 25.9 Å². The first-order valence-electron chi connectivity index (χ1n) is 5.91. The minimum Gasteiger partial charge on any atom is -0.393 e. The highest BCUT2D eigenvalue weighted by Gasteiger charge is 2.28. The molecule has 2 rings (SSSR count). The van der Waals surface area contributed by atoms with Crippen LogP contribution < -0.4 is 4.90 Å². The lowest BCUT2D eigenvalue weighted by atomic mass is 9.82. The minimum absolute atomic E-state index is 0.111. The number of nitrogens with zero attached hydrogens (tertiary/aromatic N) is 2. The summed E-state index contributed by atoms with van der Waals surface area (Å²) in [5, 5.41) is 9.25. The van der Waals surface area contributed by atoms with Gasteiger partial charge in [0, 0.05) is 25.4 Å². The predicted octanol–water partition coefficient (Wildman–Crippen LogP) is 1.41. The van der Waals surface area contributed by atoms with Gasteiger partial charge in [0.05, 0.1) is 6.10 Å². The molecule has 1 aliphatic carbocycles. The second-order valence-electron chi connectivity index (χ2n) is 4.90. The van der Waals surface area contributed by atoms with Crippen LogP contribution in [0, 0.1) is 12.8 Å². The Kier molecular flexibility index (Phi) is 3.43. The van der Waals surface area contributed by atoms with Crippen molar-refractivity contribution in [3.8, 4) is 0 Å². The molecule has 0 aromatic carbocycles. The zero-order valence-corrected chi connectivity index (χ0v) is 10.3. The van der Waals surface area contributed by atoms with Gasteiger partial charge in [-0.2, -0.15) is 0 Å². The number of aliphatic hydroxyl groups is 1. The molecule has 0 bridgehead atoms. The number of anilines is 1. The monoisotopic (exact) mass is 234 g/mol. The lowest BCUT2D eigenvalue weighted by Crippen LogP contribution is -2.37. The average molecular weight is 234 g/mol. The van der Waals surface area contributed by atoms with E-state index >= 15 is 0 Å². The van der Waals surface area contributed by atoms with E-state index in [1.807, 2.05) is 20.0 Å². The number of carbonyl (C=O) groups is 1. The van der Waals surface area contributed by atoms with Gasteiger partial charge < -0.3 is 10.0 Å². The van der Waals surface area contributed by atoms with Gasteiger partial charge in [0.15, 0.2) is 6.29 Å². The molecule has 0 unspecified atom stereocenters. The van der Waals surface area contributed by atoms with E-state index in [0.717, 1.165) is 37.1 Å². The van der Waals surface area contributed by atoms with Crippen molar-refractivity contribution < 1.29 is 9.90 Å². The molecule has 0 saturated heterocycles. The molecule has 1 N–H and O–H groups in total. The molecule has 1 aromatic heterocycles. The summed E-state index contributed by atoms with van der Waals surface area (Å²) in [4.78, 5) is 17.0. The van der Waals surface area contributed by atoms with Crippen LogP contribution in [-0.4, -0.2) is 36.1 Å². The topological polar surface area (TPSA) is 53.4 Å². The summed E-state index contributed by atoms with van der Waals surface area (Å²) >= 11 is 0. The van der Waals surface area contributed by atoms with Gasteiger partial charge in [0.1, 0.15) is 5.82 Å². The van der Waals surface area contributed by atoms with Crippen LogP contribution in [0.1, 0.15) is 28.8 Å². The summed E-state index contributed by atoms with van der Waals surface area (Å²) < 4.78 is 0. The number of hydrogen-bond donors (Lipinski definition) is 1. The molecule has 92 valence electrons. The molecule has 1 aromatic rings. The molecule has 0 amide bonds. The first-order chi connectivity index (χ1) is 8.10. The van der Waals surface area contributed by atoms with Crippen molar-refractivity contribution in [2.75, 3.05) is 18.5 Å².